The maximum absolute atomic E-state index is 12.9. The van der Waals surface area contributed by atoms with E-state index in [1.165, 1.54) is 0 Å². The predicted molar refractivity (Wildman–Crippen MR) is 131 cm³/mol. The number of furan rings is 2. The number of hydrogen-bond acceptors (Lipinski definition) is 5. The molecule has 184 valence electrons. The van der Waals surface area contributed by atoms with Crippen molar-refractivity contribution in [3.05, 3.63) is 71.4 Å². The van der Waals surface area contributed by atoms with Crippen LogP contribution >= 0.6 is 0 Å². The summed E-state index contributed by atoms with van der Waals surface area (Å²) in [5.41, 5.74) is 1.65. The van der Waals surface area contributed by atoms with Crippen molar-refractivity contribution in [2.24, 2.45) is 5.92 Å². The van der Waals surface area contributed by atoms with Crippen molar-refractivity contribution < 1.29 is 23.2 Å². The first kappa shape index (κ1) is 24.3. The highest BCUT2D eigenvalue weighted by Gasteiger charge is 2.31. The van der Waals surface area contributed by atoms with Crippen molar-refractivity contribution in [2.45, 2.75) is 51.6 Å². The molecule has 8 heteroatoms. The molecule has 2 heterocycles. The van der Waals surface area contributed by atoms with Crippen molar-refractivity contribution in [1.82, 2.24) is 16.0 Å². The first-order chi connectivity index (χ1) is 16.9. The van der Waals surface area contributed by atoms with Gasteiger partial charge >= 0.3 is 0 Å². The van der Waals surface area contributed by atoms with Crippen molar-refractivity contribution in [2.75, 3.05) is 7.05 Å². The smallest absolute Gasteiger partial charge is 0.287 e. The highest BCUT2D eigenvalue weighted by atomic mass is 16.4. The van der Waals surface area contributed by atoms with E-state index in [1.54, 1.807) is 38.2 Å². The predicted octanol–water partition coefficient (Wildman–Crippen LogP) is 4.20. The highest BCUT2D eigenvalue weighted by molar-refractivity contribution is 5.96. The Morgan fingerprint density at radius 1 is 0.943 bits per heavy atom. The van der Waals surface area contributed by atoms with E-state index in [-0.39, 0.29) is 29.3 Å². The second kappa shape index (κ2) is 11.1. The van der Waals surface area contributed by atoms with Crippen molar-refractivity contribution in [3.63, 3.8) is 0 Å². The van der Waals surface area contributed by atoms with Crippen LogP contribution in [0.5, 0.6) is 0 Å². The molecule has 1 fully saturated rings. The van der Waals surface area contributed by atoms with Crippen molar-refractivity contribution in [1.29, 1.82) is 0 Å². The standard InChI is InChI=1S/C27H31N3O5/c1-17-11-12-22(34-17)25(31)29-16-18-7-6-10-20(15-18)21-13-14-23(35-21)26(32)30-24(27(33)28-2)19-8-4-3-5-9-19/h6-7,10-15,19,24H,3-5,8-9,16H2,1-2H3,(H,28,33)(H,29,31)(H,30,32)/t24-/m1/s1. The fraction of sp³-hybridized carbons (Fsp3) is 0.370. The van der Waals surface area contributed by atoms with E-state index in [2.05, 4.69) is 16.0 Å². The van der Waals surface area contributed by atoms with E-state index >= 15 is 0 Å². The molecule has 1 aliphatic carbocycles. The third-order valence-corrected chi connectivity index (χ3v) is 6.40. The van der Waals surface area contributed by atoms with E-state index in [0.717, 1.165) is 43.2 Å². The molecule has 0 radical (unpaired) electrons. The van der Waals surface area contributed by atoms with Crippen molar-refractivity contribution in [3.8, 4) is 11.3 Å². The lowest BCUT2D eigenvalue weighted by molar-refractivity contribution is -0.124. The number of hydrogen-bond donors (Lipinski definition) is 3. The molecule has 4 rings (SSSR count). The summed E-state index contributed by atoms with van der Waals surface area (Å²) in [6.07, 6.45) is 5.14. The summed E-state index contributed by atoms with van der Waals surface area (Å²) < 4.78 is 11.2. The molecule has 0 spiro atoms. The minimum Gasteiger partial charge on any atom is -0.456 e. The van der Waals surface area contributed by atoms with Gasteiger partial charge in [0.15, 0.2) is 11.5 Å². The summed E-state index contributed by atoms with van der Waals surface area (Å²) in [5.74, 6) is 0.863. The van der Waals surface area contributed by atoms with Crippen LogP contribution in [-0.4, -0.2) is 30.8 Å². The fourth-order valence-electron chi connectivity index (χ4n) is 4.51. The van der Waals surface area contributed by atoms with Gasteiger partial charge < -0.3 is 24.8 Å². The topological polar surface area (TPSA) is 114 Å². The maximum Gasteiger partial charge on any atom is 0.287 e. The lowest BCUT2D eigenvalue weighted by atomic mass is 9.83. The van der Waals surface area contributed by atoms with Crippen LogP contribution in [-0.2, 0) is 11.3 Å². The van der Waals surface area contributed by atoms with Gasteiger partial charge in [-0.15, -0.1) is 0 Å². The molecule has 8 nitrogen and oxygen atoms in total. The van der Waals surface area contributed by atoms with Gasteiger partial charge in [-0.25, -0.2) is 0 Å². The third-order valence-electron chi connectivity index (χ3n) is 6.40. The number of carbonyl (C=O) groups is 3. The minimum absolute atomic E-state index is 0.124. The van der Waals surface area contributed by atoms with E-state index < -0.39 is 11.9 Å². The van der Waals surface area contributed by atoms with Gasteiger partial charge in [-0.3, -0.25) is 14.4 Å². The molecule has 0 unspecified atom stereocenters. The Morgan fingerprint density at radius 2 is 1.69 bits per heavy atom. The van der Waals surface area contributed by atoms with Crippen molar-refractivity contribution >= 4 is 17.7 Å². The number of likely N-dealkylation sites (N-methyl/N-ethyl adjacent to an activating group) is 1. The zero-order chi connectivity index (χ0) is 24.8. The summed E-state index contributed by atoms with van der Waals surface area (Å²) in [6, 6.07) is 13.7. The van der Waals surface area contributed by atoms with Crippen LogP contribution in [0.1, 0.15) is 64.5 Å². The molecule has 35 heavy (non-hydrogen) atoms. The molecule has 1 aliphatic rings. The molecule has 1 saturated carbocycles. The second-order valence-electron chi connectivity index (χ2n) is 8.92. The second-order valence-corrected chi connectivity index (χ2v) is 8.92. The number of amides is 3. The lowest BCUT2D eigenvalue weighted by Crippen LogP contribution is -2.50. The fourth-order valence-corrected chi connectivity index (χ4v) is 4.51. The largest absolute Gasteiger partial charge is 0.456 e. The lowest BCUT2D eigenvalue weighted by Gasteiger charge is -2.29. The average Bonchev–Trinajstić information content (AvgIpc) is 3.56. The summed E-state index contributed by atoms with van der Waals surface area (Å²) >= 11 is 0. The SMILES string of the molecule is CNC(=O)[C@H](NC(=O)c1ccc(-c2cccc(CNC(=O)c3ccc(C)o3)c2)o1)C1CCCCC1. The Labute approximate surface area is 204 Å². The maximum atomic E-state index is 12.9. The molecular weight excluding hydrogens is 446 g/mol. The highest BCUT2D eigenvalue weighted by Crippen LogP contribution is 2.28. The van der Waals surface area contributed by atoms with Gasteiger partial charge in [0, 0.05) is 19.2 Å². The van der Waals surface area contributed by atoms with Gasteiger partial charge in [0.2, 0.25) is 5.91 Å². The summed E-state index contributed by atoms with van der Waals surface area (Å²) in [4.78, 5) is 37.6. The number of carbonyl (C=O) groups excluding carboxylic acids is 3. The Kier molecular flexibility index (Phi) is 7.70. The van der Waals surface area contributed by atoms with Crippen LogP contribution in [0, 0.1) is 12.8 Å². The zero-order valence-corrected chi connectivity index (χ0v) is 20.1. The Hall–Kier alpha value is -3.81. The van der Waals surface area contributed by atoms with Gasteiger partial charge in [-0.05, 0) is 61.6 Å². The Bertz CT molecular complexity index is 1190. The molecule has 1 aromatic carbocycles. The van der Waals surface area contributed by atoms with Crippen LogP contribution in [0.25, 0.3) is 11.3 Å². The van der Waals surface area contributed by atoms with Crippen LogP contribution in [0.15, 0.2) is 57.4 Å². The van der Waals surface area contributed by atoms with Crippen LogP contribution < -0.4 is 16.0 Å². The van der Waals surface area contributed by atoms with E-state index in [0.29, 0.717) is 18.1 Å². The molecule has 0 saturated heterocycles. The zero-order valence-electron chi connectivity index (χ0n) is 20.1. The first-order valence-corrected chi connectivity index (χ1v) is 12.0. The third kappa shape index (κ3) is 6.01. The van der Waals surface area contributed by atoms with Crippen LogP contribution in [0.2, 0.25) is 0 Å². The minimum atomic E-state index is -0.578. The molecule has 0 bridgehead atoms. The van der Waals surface area contributed by atoms with Gasteiger partial charge in [-0.1, -0.05) is 37.5 Å². The summed E-state index contributed by atoms with van der Waals surface area (Å²) in [6.45, 7) is 2.10. The van der Waals surface area contributed by atoms with Crippen LogP contribution in [0.3, 0.4) is 0 Å². The molecule has 3 N–H and O–H groups in total. The van der Waals surface area contributed by atoms with Gasteiger partial charge in [0.05, 0.1) is 0 Å². The number of benzene rings is 1. The van der Waals surface area contributed by atoms with Gasteiger partial charge in [0.25, 0.3) is 11.8 Å². The molecule has 2 aromatic heterocycles. The summed E-state index contributed by atoms with van der Waals surface area (Å²) in [5, 5.41) is 8.38. The number of aryl methyl sites for hydroxylation is 1. The van der Waals surface area contributed by atoms with Crippen LogP contribution in [0.4, 0.5) is 0 Å². The van der Waals surface area contributed by atoms with E-state index in [4.69, 9.17) is 8.83 Å². The molecular formula is C27H31N3O5. The number of rotatable bonds is 8. The normalized spacial score (nSPS) is 14.8. The Balaban J connectivity index is 1.41. The van der Waals surface area contributed by atoms with E-state index in [1.807, 2.05) is 24.3 Å². The van der Waals surface area contributed by atoms with Gasteiger partial charge in [-0.2, -0.15) is 0 Å². The molecule has 0 aliphatic heterocycles. The first-order valence-electron chi connectivity index (χ1n) is 12.0. The average molecular weight is 478 g/mol. The Morgan fingerprint density at radius 3 is 2.40 bits per heavy atom. The molecule has 3 aromatic rings. The molecule has 3 amide bonds. The monoisotopic (exact) mass is 477 g/mol. The summed E-state index contributed by atoms with van der Waals surface area (Å²) in [7, 11) is 1.58. The van der Waals surface area contributed by atoms with Gasteiger partial charge in [0.1, 0.15) is 17.6 Å². The van der Waals surface area contributed by atoms with E-state index in [9.17, 15) is 14.4 Å². The molecule has 1 atom stereocenters. The quantitative estimate of drug-likeness (QED) is 0.450. The number of nitrogens with one attached hydrogen (secondary N) is 3.